The number of hydrogen-bond donors (Lipinski definition) is 1. The Balaban J connectivity index is 2.10. The number of carbonyl (C=O) groups excluding carboxylic acids is 1. The number of nitro benzene ring substituents is 1. The van der Waals surface area contributed by atoms with E-state index in [9.17, 15) is 28.1 Å². The molecule has 0 fully saturated rings. The van der Waals surface area contributed by atoms with Gasteiger partial charge in [-0.15, -0.1) is 13.2 Å². The number of alkyl halides is 3. The van der Waals surface area contributed by atoms with E-state index in [2.05, 4.69) is 10.1 Å². The Bertz CT molecular complexity index is 842. The van der Waals surface area contributed by atoms with E-state index in [1.165, 1.54) is 42.3 Å². The molecule has 144 valence electrons. The second kappa shape index (κ2) is 7.94. The number of amides is 2. The fourth-order valence-electron chi connectivity index (χ4n) is 2.28. The number of nitro groups is 1. The molecule has 0 unspecified atom stereocenters. The number of nitrogens with one attached hydrogen (secondary N) is 1. The van der Waals surface area contributed by atoms with Crippen LogP contribution in [0.3, 0.4) is 0 Å². The van der Waals surface area contributed by atoms with Gasteiger partial charge in [0, 0.05) is 30.9 Å². The van der Waals surface area contributed by atoms with Gasteiger partial charge in [0.05, 0.1) is 11.0 Å². The van der Waals surface area contributed by atoms with Gasteiger partial charge in [0.25, 0.3) is 5.69 Å². The van der Waals surface area contributed by atoms with Crippen molar-refractivity contribution in [1.29, 1.82) is 0 Å². The largest absolute Gasteiger partial charge is 0.573 e. The second-order valence-electron chi connectivity index (χ2n) is 5.64. The van der Waals surface area contributed by atoms with Crippen LogP contribution >= 0.6 is 0 Å². The fraction of sp³-hybridized carbons (Fsp3) is 0.235. The summed E-state index contributed by atoms with van der Waals surface area (Å²) >= 11 is 0. The maximum absolute atomic E-state index is 12.4. The van der Waals surface area contributed by atoms with E-state index < -0.39 is 29.1 Å². The zero-order valence-corrected chi connectivity index (χ0v) is 14.4. The highest BCUT2D eigenvalue weighted by Crippen LogP contribution is 2.26. The van der Waals surface area contributed by atoms with Gasteiger partial charge in [0.2, 0.25) is 0 Å². The lowest BCUT2D eigenvalue weighted by atomic mass is 10.1. The molecule has 0 aliphatic heterocycles. The van der Waals surface area contributed by atoms with Crippen molar-refractivity contribution in [3.8, 4) is 5.75 Å². The van der Waals surface area contributed by atoms with E-state index in [-0.39, 0.29) is 11.4 Å². The van der Waals surface area contributed by atoms with Gasteiger partial charge in [-0.05, 0) is 24.6 Å². The number of rotatable bonds is 5. The van der Waals surface area contributed by atoms with Gasteiger partial charge >= 0.3 is 12.4 Å². The number of anilines is 1. The summed E-state index contributed by atoms with van der Waals surface area (Å²) in [6.45, 7) is 1.67. The zero-order chi connectivity index (χ0) is 20.2. The smallest absolute Gasteiger partial charge is 0.406 e. The summed E-state index contributed by atoms with van der Waals surface area (Å²) in [5.41, 5.74) is 0.543. The lowest BCUT2D eigenvalue weighted by Gasteiger charge is -2.25. The average molecular weight is 383 g/mol. The highest BCUT2D eigenvalue weighted by Gasteiger charge is 2.31. The molecule has 0 saturated heterocycles. The van der Waals surface area contributed by atoms with E-state index in [0.717, 1.165) is 12.1 Å². The molecule has 2 aromatic carbocycles. The molecule has 0 aliphatic carbocycles. The zero-order valence-electron chi connectivity index (χ0n) is 14.4. The first-order valence-corrected chi connectivity index (χ1v) is 7.71. The van der Waals surface area contributed by atoms with Crippen LogP contribution in [0.2, 0.25) is 0 Å². The monoisotopic (exact) mass is 383 g/mol. The van der Waals surface area contributed by atoms with Crippen LogP contribution in [0, 0.1) is 10.1 Å². The SMILES string of the molecule is C[C@H](c1cccc([N+](=O)[O-])c1)N(C)C(=O)Nc1cccc(OC(F)(F)F)c1. The van der Waals surface area contributed by atoms with Crippen LogP contribution < -0.4 is 10.1 Å². The summed E-state index contributed by atoms with van der Waals surface area (Å²) in [7, 11) is 1.47. The average Bonchev–Trinajstić information content (AvgIpc) is 2.59. The molecule has 7 nitrogen and oxygen atoms in total. The van der Waals surface area contributed by atoms with Crippen molar-refractivity contribution in [1.82, 2.24) is 4.90 Å². The molecule has 2 rings (SSSR count). The van der Waals surface area contributed by atoms with Gasteiger partial charge in [-0.25, -0.2) is 4.79 Å². The molecule has 1 N–H and O–H groups in total. The molecule has 1 atom stereocenters. The van der Waals surface area contributed by atoms with Gasteiger partial charge in [0.1, 0.15) is 5.75 Å². The number of carbonyl (C=O) groups is 1. The predicted octanol–water partition coefficient (Wildman–Crippen LogP) is 4.72. The number of ether oxygens (including phenoxy) is 1. The third-order valence-corrected chi connectivity index (χ3v) is 3.78. The minimum Gasteiger partial charge on any atom is -0.406 e. The molecule has 0 aromatic heterocycles. The van der Waals surface area contributed by atoms with E-state index in [0.29, 0.717) is 5.56 Å². The third-order valence-electron chi connectivity index (χ3n) is 3.78. The normalized spacial score (nSPS) is 12.2. The number of hydrogen-bond acceptors (Lipinski definition) is 4. The summed E-state index contributed by atoms with van der Waals surface area (Å²) in [6, 6.07) is 9.59. The quantitative estimate of drug-likeness (QED) is 0.598. The van der Waals surface area contributed by atoms with E-state index in [1.807, 2.05) is 0 Å². The summed E-state index contributed by atoms with van der Waals surface area (Å²) in [5, 5.41) is 13.3. The molecule has 0 spiro atoms. The third kappa shape index (κ3) is 5.59. The molecule has 0 saturated carbocycles. The predicted molar refractivity (Wildman–Crippen MR) is 91.4 cm³/mol. The topological polar surface area (TPSA) is 84.7 Å². The van der Waals surface area contributed by atoms with E-state index in [4.69, 9.17) is 0 Å². The van der Waals surface area contributed by atoms with Crippen molar-refractivity contribution >= 4 is 17.4 Å². The van der Waals surface area contributed by atoms with Gasteiger partial charge in [-0.2, -0.15) is 0 Å². The molecule has 0 radical (unpaired) electrons. The number of halogens is 3. The minimum absolute atomic E-state index is 0.106. The van der Waals surface area contributed by atoms with Crippen molar-refractivity contribution in [2.24, 2.45) is 0 Å². The number of non-ortho nitro benzene ring substituents is 1. The number of benzene rings is 2. The van der Waals surface area contributed by atoms with Crippen molar-refractivity contribution in [3.05, 3.63) is 64.2 Å². The molecule has 0 aliphatic rings. The van der Waals surface area contributed by atoms with E-state index >= 15 is 0 Å². The van der Waals surface area contributed by atoms with Crippen molar-refractivity contribution in [2.45, 2.75) is 19.3 Å². The molecule has 10 heteroatoms. The Labute approximate surface area is 152 Å². The maximum Gasteiger partial charge on any atom is 0.573 e. The van der Waals surface area contributed by atoms with Gasteiger partial charge in [-0.3, -0.25) is 10.1 Å². The first-order valence-electron chi connectivity index (χ1n) is 7.71. The molecule has 0 heterocycles. The van der Waals surface area contributed by atoms with Crippen LogP contribution in [0.5, 0.6) is 5.75 Å². The Hall–Kier alpha value is -3.30. The first kappa shape index (κ1) is 20.0. The second-order valence-corrected chi connectivity index (χ2v) is 5.64. The number of urea groups is 1. The van der Waals surface area contributed by atoms with Crippen LogP contribution in [-0.4, -0.2) is 29.3 Å². The summed E-state index contributed by atoms with van der Waals surface area (Å²) in [6.07, 6.45) is -4.84. The highest BCUT2D eigenvalue weighted by atomic mass is 19.4. The summed E-state index contributed by atoms with van der Waals surface area (Å²) in [4.78, 5) is 24.0. The van der Waals surface area contributed by atoms with E-state index in [1.54, 1.807) is 13.0 Å². The van der Waals surface area contributed by atoms with Crippen molar-refractivity contribution in [3.63, 3.8) is 0 Å². The minimum atomic E-state index is -4.84. The Morgan fingerprint density at radius 1 is 1.22 bits per heavy atom. The van der Waals surface area contributed by atoms with Crippen LogP contribution in [0.15, 0.2) is 48.5 Å². The Morgan fingerprint density at radius 3 is 2.52 bits per heavy atom. The molecule has 2 aromatic rings. The molecule has 2 amide bonds. The van der Waals surface area contributed by atoms with Gasteiger partial charge in [-0.1, -0.05) is 18.2 Å². The standard InChI is InChI=1S/C17H16F3N3O4/c1-11(12-5-3-7-14(9-12)23(25)26)22(2)16(24)21-13-6-4-8-15(10-13)27-17(18,19)20/h3-11H,1-2H3,(H,21,24)/t11-/m1/s1. The molecule has 27 heavy (non-hydrogen) atoms. The van der Waals surface area contributed by atoms with Crippen LogP contribution in [-0.2, 0) is 0 Å². The number of nitrogens with zero attached hydrogens (tertiary/aromatic N) is 2. The Kier molecular flexibility index (Phi) is 5.88. The lowest BCUT2D eigenvalue weighted by Crippen LogP contribution is -2.33. The van der Waals surface area contributed by atoms with Gasteiger partial charge in [0.15, 0.2) is 0 Å². The van der Waals surface area contributed by atoms with Crippen LogP contribution in [0.25, 0.3) is 0 Å². The van der Waals surface area contributed by atoms with Gasteiger partial charge < -0.3 is 15.0 Å². The lowest BCUT2D eigenvalue weighted by molar-refractivity contribution is -0.384. The summed E-state index contributed by atoms with van der Waals surface area (Å²) < 4.78 is 40.7. The molecular weight excluding hydrogens is 367 g/mol. The first-order chi connectivity index (χ1) is 12.6. The van der Waals surface area contributed by atoms with Crippen LogP contribution in [0.4, 0.5) is 29.3 Å². The molecular formula is C17H16F3N3O4. The highest BCUT2D eigenvalue weighted by molar-refractivity contribution is 5.89. The Morgan fingerprint density at radius 2 is 1.89 bits per heavy atom. The van der Waals surface area contributed by atoms with Crippen molar-refractivity contribution in [2.75, 3.05) is 12.4 Å². The maximum atomic E-state index is 12.4. The molecule has 0 bridgehead atoms. The van der Waals surface area contributed by atoms with Crippen LogP contribution in [0.1, 0.15) is 18.5 Å². The summed E-state index contributed by atoms with van der Waals surface area (Å²) in [5.74, 6) is -0.463. The van der Waals surface area contributed by atoms with Crippen molar-refractivity contribution < 1.29 is 27.6 Å². The fourth-order valence-corrected chi connectivity index (χ4v) is 2.28.